The molecule has 0 aliphatic carbocycles. The molecule has 0 N–H and O–H groups in total. The van der Waals surface area contributed by atoms with E-state index in [1.165, 1.54) is 13.0 Å². The number of esters is 1. The van der Waals surface area contributed by atoms with Crippen LogP contribution in [-0.4, -0.2) is 17.6 Å². The zero-order valence-electron chi connectivity index (χ0n) is 9.47. The van der Waals surface area contributed by atoms with Crippen molar-refractivity contribution >= 4 is 28.6 Å². The summed E-state index contributed by atoms with van der Waals surface area (Å²) in [6, 6.07) is 1.36. The maximum Gasteiger partial charge on any atom is 0.311 e. The Kier molecular flexibility index (Phi) is 5.23. The minimum Gasteiger partial charge on any atom is -0.466 e. The van der Waals surface area contributed by atoms with Crippen molar-refractivity contribution in [3.63, 3.8) is 0 Å². The number of hydrogen-bond acceptors (Lipinski definition) is 3. The van der Waals surface area contributed by atoms with Crippen LogP contribution >= 0.6 is 22.6 Å². The van der Waals surface area contributed by atoms with Gasteiger partial charge in [0.25, 0.3) is 6.43 Å². The summed E-state index contributed by atoms with van der Waals surface area (Å²) in [7, 11) is 0. The van der Waals surface area contributed by atoms with Crippen molar-refractivity contribution < 1.29 is 18.3 Å². The Hall–Kier alpha value is -0.790. The predicted molar refractivity (Wildman–Crippen MR) is 67.0 cm³/mol. The molecule has 94 valence electrons. The first-order valence-corrected chi connectivity index (χ1v) is 6.13. The highest BCUT2D eigenvalue weighted by molar-refractivity contribution is 14.1. The highest BCUT2D eigenvalue weighted by Gasteiger charge is 2.16. The third kappa shape index (κ3) is 3.86. The normalized spacial score (nSPS) is 10.7. The number of carbonyl (C=O) groups excluding carboxylic acids is 1. The molecule has 3 nitrogen and oxygen atoms in total. The monoisotopic (exact) mass is 355 g/mol. The van der Waals surface area contributed by atoms with Gasteiger partial charge in [0.2, 0.25) is 0 Å². The van der Waals surface area contributed by atoms with Crippen molar-refractivity contribution in [1.29, 1.82) is 0 Å². The third-order valence-electron chi connectivity index (χ3n) is 2.13. The first-order valence-electron chi connectivity index (χ1n) is 5.05. The van der Waals surface area contributed by atoms with Crippen LogP contribution in [0.15, 0.2) is 6.07 Å². The number of halogens is 3. The second-order valence-electron chi connectivity index (χ2n) is 3.37. The van der Waals surface area contributed by atoms with Gasteiger partial charge in [0.15, 0.2) is 0 Å². The molecular formula is C11H12F2INO2. The van der Waals surface area contributed by atoms with Gasteiger partial charge < -0.3 is 4.74 Å². The van der Waals surface area contributed by atoms with E-state index >= 15 is 0 Å². The largest absolute Gasteiger partial charge is 0.466 e. The number of pyridine rings is 1. The van der Waals surface area contributed by atoms with Crippen molar-refractivity contribution in [1.82, 2.24) is 4.98 Å². The fraction of sp³-hybridized carbons (Fsp3) is 0.455. The molecule has 1 aromatic rings. The second-order valence-corrected chi connectivity index (χ2v) is 4.54. The molecule has 0 aliphatic rings. The van der Waals surface area contributed by atoms with Crippen molar-refractivity contribution in [3.05, 3.63) is 26.6 Å². The quantitative estimate of drug-likeness (QED) is 0.616. The molecule has 0 saturated carbocycles. The first kappa shape index (κ1) is 14.3. The lowest BCUT2D eigenvalue weighted by atomic mass is 10.1. The topological polar surface area (TPSA) is 39.2 Å². The summed E-state index contributed by atoms with van der Waals surface area (Å²) in [6.07, 6.45) is -2.54. The van der Waals surface area contributed by atoms with E-state index < -0.39 is 12.4 Å². The van der Waals surface area contributed by atoms with Crippen molar-refractivity contribution in [3.8, 4) is 0 Å². The van der Waals surface area contributed by atoms with Crippen LogP contribution in [0.4, 0.5) is 8.78 Å². The van der Waals surface area contributed by atoms with E-state index in [-0.39, 0.29) is 17.7 Å². The molecule has 0 bridgehead atoms. The van der Waals surface area contributed by atoms with E-state index in [9.17, 15) is 13.6 Å². The molecule has 1 heterocycles. The number of carbonyl (C=O) groups is 1. The Morgan fingerprint density at radius 2 is 2.24 bits per heavy atom. The summed E-state index contributed by atoms with van der Waals surface area (Å²) in [6.45, 7) is 3.51. The van der Waals surface area contributed by atoms with Gasteiger partial charge in [-0.15, -0.1) is 0 Å². The van der Waals surface area contributed by atoms with Gasteiger partial charge in [0.05, 0.1) is 18.7 Å². The summed E-state index contributed by atoms with van der Waals surface area (Å²) in [4.78, 5) is 15.3. The average molecular weight is 355 g/mol. The van der Waals surface area contributed by atoms with E-state index in [1.54, 1.807) is 6.92 Å². The second kappa shape index (κ2) is 6.23. The molecule has 1 aromatic heterocycles. The maximum absolute atomic E-state index is 12.6. The highest BCUT2D eigenvalue weighted by atomic mass is 127. The first-order chi connectivity index (χ1) is 7.95. The minimum atomic E-state index is -2.55. The van der Waals surface area contributed by atoms with E-state index in [2.05, 4.69) is 4.98 Å². The fourth-order valence-corrected chi connectivity index (χ4v) is 1.99. The lowest BCUT2D eigenvalue weighted by Crippen LogP contribution is -2.11. The maximum atomic E-state index is 12.6. The van der Waals surface area contributed by atoms with E-state index in [1.807, 2.05) is 22.6 Å². The molecule has 6 heteroatoms. The average Bonchev–Trinajstić information content (AvgIpc) is 2.22. The Morgan fingerprint density at radius 3 is 2.76 bits per heavy atom. The number of aromatic nitrogens is 1. The van der Waals surface area contributed by atoms with Gasteiger partial charge in [0.1, 0.15) is 0 Å². The predicted octanol–water partition coefficient (Wildman–Crippen LogP) is 3.04. The lowest BCUT2D eigenvalue weighted by molar-refractivity contribution is -0.142. The molecule has 0 saturated heterocycles. The van der Waals surface area contributed by atoms with Crippen LogP contribution < -0.4 is 0 Å². The number of aryl methyl sites for hydroxylation is 1. The summed E-state index contributed by atoms with van der Waals surface area (Å²) < 4.78 is 30.5. The molecular weight excluding hydrogens is 343 g/mol. The Bertz CT molecular complexity index is 424. The van der Waals surface area contributed by atoms with Gasteiger partial charge in [-0.1, -0.05) is 0 Å². The highest BCUT2D eigenvalue weighted by Crippen LogP contribution is 2.25. The molecule has 0 amide bonds. The molecule has 0 aliphatic heterocycles. The lowest BCUT2D eigenvalue weighted by Gasteiger charge is -2.09. The van der Waals surface area contributed by atoms with E-state index in [4.69, 9.17) is 4.74 Å². The van der Waals surface area contributed by atoms with Gasteiger partial charge in [0, 0.05) is 14.8 Å². The van der Waals surface area contributed by atoms with Crippen LogP contribution in [0.5, 0.6) is 0 Å². The Labute approximate surface area is 112 Å². The van der Waals surface area contributed by atoms with E-state index in [0.717, 1.165) is 0 Å². The standard InChI is InChI=1S/C11H12F2INO2/c1-3-17-10(16)5-9-8(14)4-7(11(12)13)6(2)15-9/h4,11H,3,5H2,1-2H3. The molecule has 0 atom stereocenters. The summed E-state index contributed by atoms with van der Waals surface area (Å²) >= 11 is 1.89. The van der Waals surface area contributed by atoms with E-state index in [0.29, 0.717) is 15.9 Å². The number of hydrogen-bond donors (Lipinski definition) is 0. The molecule has 0 radical (unpaired) electrons. The Balaban J connectivity index is 2.95. The van der Waals surface area contributed by atoms with Gasteiger partial charge in [-0.25, -0.2) is 8.78 Å². The third-order valence-corrected chi connectivity index (χ3v) is 3.06. The van der Waals surface area contributed by atoms with Gasteiger partial charge in [-0.05, 0) is 42.5 Å². The summed E-state index contributed by atoms with van der Waals surface area (Å²) in [5.74, 6) is -0.401. The number of alkyl halides is 2. The molecule has 0 spiro atoms. The number of nitrogens with zero attached hydrogens (tertiary/aromatic N) is 1. The fourth-order valence-electron chi connectivity index (χ4n) is 1.34. The van der Waals surface area contributed by atoms with Crippen LogP contribution in [0.25, 0.3) is 0 Å². The summed E-state index contributed by atoms with van der Waals surface area (Å²) in [5, 5.41) is 0. The number of rotatable bonds is 4. The van der Waals surface area contributed by atoms with Crippen LogP contribution in [0.1, 0.15) is 30.3 Å². The van der Waals surface area contributed by atoms with Gasteiger partial charge in [-0.3, -0.25) is 9.78 Å². The zero-order valence-corrected chi connectivity index (χ0v) is 11.6. The smallest absolute Gasteiger partial charge is 0.311 e. The minimum absolute atomic E-state index is 0.0104. The van der Waals surface area contributed by atoms with Crippen molar-refractivity contribution in [2.45, 2.75) is 26.7 Å². The van der Waals surface area contributed by atoms with Gasteiger partial charge >= 0.3 is 5.97 Å². The zero-order chi connectivity index (χ0) is 13.0. The van der Waals surface area contributed by atoms with Gasteiger partial charge in [-0.2, -0.15) is 0 Å². The molecule has 17 heavy (non-hydrogen) atoms. The van der Waals surface area contributed by atoms with Crippen LogP contribution in [-0.2, 0) is 16.0 Å². The van der Waals surface area contributed by atoms with Crippen LogP contribution in [0.3, 0.4) is 0 Å². The number of ether oxygens (including phenoxy) is 1. The molecule has 0 aromatic carbocycles. The SMILES string of the molecule is CCOC(=O)Cc1nc(C)c(C(F)F)cc1I. The molecule has 1 rings (SSSR count). The Morgan fingerprint density at radius 1 is 1.59 bits per heavy atom. The van der Waals surface area contributed by atoms with Crippen LogP contribution in [0, 0.1) is 10.5 Å². The molecule has 0 unspecified atom stereocenters. The molecule has 0 fully saturated rings. The van der Waals surface area contributed by atoms with Crippen molar-refractivity contribution in [2.24, 2.45) is 0 Å². The summed E-state index contributed by atoms with van der Waals surface area (Å²) in [5.41, 5.74) is 0.632. The van der Waals surface area contributed by atoms with Crippen molar-refractivity contribution in [2.75, 3.05) is 6.61 Å². The van der Waals surface area contributed by atoms with Crippen LogP contribution in [0.2, 0.25) is 0 Å².